The van der Waals surface area contributed by atoms with E-state index >= 15 is 0 Å². The maximum Gasteiger partial charge on any atom is 0.343 e. The van der Waals surface area contributed by atoms with Crippen molar-refractivity contribution in [2.45, 2.75) is 26.8 Å². The second-order valence-electron chi connectivity index (χ2n) is 6.09. The van der Waals surface area contributed by atoms with E-state index in [2.05, 4.69) is 15.5 Å². The minimum Gasteiger partial charge on any atom is -0.462 e. The first kappa shape index (κ1) is 20.2. The van der Waals surface area contributed by atoms with Crippen molar-refractivity contribution in [3.05, 3.63) is 59.5 Å². The lowest BCUT2D eigenvalue weighted by Gasteiger charge is -2.11. The first-order chi connectivity index (χ1) is 13.9. The third-order valence-corrected chi connectivity index (χ3v) is 4.04. The van der Waals surface area contributed by atoms with Crippen LogP contribution in [0.3, 0.4) is 0 Å². The molecule has 0 aliphatic carbocycles. The van der Waals surface area contributed by atoms with Crippen LogP contribution in [0.15, 0.2) is 42.6 Å². The van der Waals surface area contributed by atoms with E-state index in [1.807, 2.05) is 6.07 Å². The molecule has 0 radical (unpaired) electrons. The zero-order valence-corrected chi connectivity index (χ0v) is 15.8. The fourth-order valence-electron chi connectivity index (χ4n) is 2.70. The Labute approximate surface area is 165 Å². The summed E-state index contributed by atoms with van der Waals surface area (Å²) in [5, 5.41) is 10.5. The lowest BCUT2D eigenvalue weighted by Crippen LogP contribution is -2.23. The molecule has 0 bridgehead atoms. The van der Waals surface area contributed by atoms with Gasteiger partial charge in [-0.1, -0.05) is 18.2 Å². The maximum absolute atomic E-state index is 12.8. The number of ether oxygens (including phenoxy) is 1. The summed E-state index contributed by atoms with van der Waals surface area (Å²) in [7, 11) is 0. The molecule has 3 rings (SSSR count). The number of para-hydroxylation sites is 1. The monoisotopic (exact) mass is 403 g/mol. The molecule has 1 aromatic carbocycles. The number of hydrogen-bond acceptors (Lipinski definition) is 5. The lowest BCUT2D eigenvalue weighted by atomic mass is 10.3. The average Bonchev–Trinajstić information content (AvgIpc) is 3.27. The third-order valence-electron chi connectivity index (χ3n) is 4.04. The van der Waals surface area contributed by atoms with E-state index in [9.17, 15) is 18.4 Å². The topological polar surface area (TPSA) is 91.0 Å². The van der Waals surface area contributed by atoms with Crippen molar-refractivity contribution in [3.8, 4) is 5.69 Å². The molecule has 3 aromatic rings. The Morgan fingerprint density at radius 2 is 1.97 bits per heavy atom. The van der Waals surface area contributed by atoms with Crippen LogP contribution >= 0.6 is 0 Å². The van der Waals surface area contributed by atoms with E-state index in [-0.39, 0.29) is 24.5 Å². The van der Waals surface area contributed by atoms with Crippen LogP contribution in [0.1, 0.15) is 35.1 Å². The first-order valence-electron chi connectivity index (χ1n) is 8.83. The van der Waals surface area contributed by atoms with Crippen LogP contribution < -0.4 is 5.32 Å². The standard InChI is InChI=1S/C19H19F2N5O3/c1-3-29-19(28)14-10-22-26(13-7-5-4-6-8-13)18(14)23-16(27)11-25-12(2)9-15(24-25)17(20)21/h4-10,17H,3,11H2,1-2H3,(H,23,27). The van der Waals surface area contributed by atoms with Gasteiger partial charge in [-0.2, -0.15) is 10.2 Å². The molecule has 0 fully saturated rings. The van der Waals surface area contributed by atoms with Crippen molar-refractivity contribution in [2.24, 2.45) is 0 Å². The Kier molecular flexibility index (Phi) is 6.01. The van der Waals surface area contributed by atoms with E-state index in [1.165, 1.54) is 21.6 Å². The van der Waals surface area contributed by atoms with E-state index in [4.69, 9.17) is 4.74 Å². The molecule has 0 aliphatic heterocycles. The number of nitrogens with zero attached hydrogens (tertiary/aromatic N) is 4. The molecule has 8 nitrogen and oxygen atoms in total. The minimum absolute atomic E-state index is 0.0782. The number of rotatable bonds is 7. The number of nitrogens with one attached hydrogen (secondary N) is 1. The van der Waals surface area contributed by atoms with Gasteiger partial charge in [0.2, 0.25) is 5.91 Å². The quantitative estimate of drug-likeness (QED) is 0.612. The summed E-state index contributed by atoms with van der Waals surface area (Å²) >= 11 is 0. The summed E-state index contributed by atoms with van der Waals surface area (Å²) in [6.07, 6.45) is -1.43. The summed E-state index contributed by atoms with van der Waals surface area (Å²) < 4.78 is 33.2. The third kappa shape index (κ3) is 4.48. The fraction of sp³-hybridized carbons (Fsp3) is 0.263. The smallest absolute Gasteiger partial charge is 0.343 e. The zero-order valence-electron chi connectivity index (χ0n) is 15.8. The van der Waals surface area contributed by atoms with Crippen molar-refractivity contribution in [1.29, 1.82) is 0 Å². The van der Waals surface area contributed by atoms with Gasteiger partial charge in [0.1, 0.15) is 17.8 Å². The summed E-state index contributed by atoms with van der Waals surface area (Å²) in [6, 6.07) is 10.1. The van der Waals surface area contributed by atoms with Gasteiger partial charge >= 0.3 is 5.97 Å². The summed E-state index contributed by atoms with van der Waals surface area (Å²) in [5.74, 6) is -1.07. The molecule has 2 heterocycles. The van der Waals surface area contributed by atoms with E-state index in [0.29, 0.717) is 11.4 Å². The number of esters is 1. The minimum atomic E-state index is -2.73. The number of halogens is 2. The van der Waals surface area contributed by atoms with Gasteiger partial charge in [-0.3, -0.25) is 9.48 Å². The Bertz CT molecular complexity index is 1010. The highest BCUT2D eigenvalue weighted by Crippen LogP contribution is 2.22. The number of carbonyl (C=O) groups excluding carboxylic acids is 2. The zero-order chi connectivity index (χ0) is 21.0. The molecule has 0 unspecified atom stereocenters. The van der Waals surface area contributed by atoms with Crippen LogP contribution in [0, 0.1) is 6.92 Å². The summed E-state index contributed by atoms with van der Waals surface area (Å²) in [5.41, 5.74) is 0.706. The van der Waals surface area contributed by atoms with Crippen LogP contribution in [0.4, 0.5) is 14.6 Å². The van der Waals surface area contributed by atoms with Crippen molar-refractivity contribution < 1.29 is 23.1 Å². The molecule has 29 heavy (non-hydrogen) atoms. The van der Waals surface area contributed by atoms with Gasteiger partial charge < -0.3 is 10.1 Å². The summed E-state index contributed by atoms with van der Waals surface area (Å²) in [6.45, 7) is 3.09. The molecule has 2 aromatic heterocycles. The second kappa shape index (κ2) is 8.63. The molecule has 0 aliphatic rings. The molecule has 1 amide bonds. The van der Waals surface area contributed by atoms with E-state index in [0.717, 1.165) is 0 Å². The van der Waals surface area contributed by atoms with Crippen LogP contribution in [-0.4, -0.2) is 38.0 Å². The molecule has 0 saturated heterocycles. The number of carbonyl (C=O) groups is 2. The van der Waals surface area contributed by atoms with Crippen molar-refractivity contribution in [2.75, 3.05) is 11.9 Å². The summed E-state index contributed by atoms with van der Waals surface area (Å²) in [4.78, 5) is 24.8. The van der Waals surface area contributed by atoms with Crippen molar-refractivity contribution >= 4 is 17.7 Å². The van der Waals surface area contributed by atoms with Crippen LogP contribution in [0.2, 0.25) is 0 Å². The molecule has 0 spiro atoms. The van der Waals surface area contributed by atoms with Crippen LogP contribution in [-0.2, 0) is 16.1 Å². The van der Waals surface area contributed by atoms with Gasteiger partial charge in [-0.25, -0.2) is 18.3 Å². The van der Waals surface area contributed by atoms with Gasteiger partial charge in [-0.05, 0) is 32.0 Å². The molecular formula is C19H19F2N5O3. The normalized spacial score (nSPS) is 10.9. The molecule has 0 atom stereocenters. The largest absolute Gasteiger partial charge is 0.462 e. The molecular weight excluding hydrogens is 384 g/mol. The fourth-order valence-corrected chi connectivity index (χ4v) is 2.70. The Morgan fingerprint density at radius 1 is 1.24 bits per heavy atom. The number of hydrogen-bond donors (Lipinski definition) is 1. The second-order valence-corrected chi connectivity index (χ2v) is 6.09. The van der Waals surface area contributed by atoms with Gasteiger partial charge in [0.15, 0.2) is 5.82 Å². The van der Waals surface area contributed by atoms with Gasteiger partial charge in [0, 0.05) is 5.69 Å². The molecule has 10 heteroatoms. The maximum atomic E-state index is 12.8. The number of aromatic nitrogens is 4. The van der Waals surface area contributed by atoms with E-state index < -0.39 is 24.0 Å². The molecule has 152 valence electrons. The number of anilines is 1. The van der Waals surface area contributed by atoms with E-state index in [1.54, 1.807) is 38.1 Å². The highest BCUT2D eigenvalue weighted by molar-refractivity contribution is 6.00. The predicted molar refractivity (Wildman–Crippen MR) is 100 cm³/mol. The number of amides is 1. The number of benzene rings is 1. The number of alkyl halides is 2. The Hall–Kier alpha value is -3.56. The average molecular weight is 403 g/mol. The van der Waals surface area contributed by atoms with Gasteiger partial charge in [0.25, 0.3) is 6.43 Å². The van der Waals surface area contributed by atoms with Crippen molar-refractivity contribution in [3.63, 3.8) is 0 Å². The van der Waals surface area contributed by atoms with Crippen LogP contribution in [0.5, 0.6) is 0 Å². The molecule has 1 N–H and O–H groups in total. The molecule has 0 saturated carbocycles. The van der Waals surface area contributed by atoms with Gasteiger partial charge in [0.05, 0.1) is 18.5 Å². The van der Waals surface area contributed by atoms with Crippen LogP contribution in [0.25, 0.3) is 5.69 Å². The lowest BCUT2D eigenvalue weighted by molar-refractivity contribution is -0.117. The Morgan fingerprint density at radius 3 is 2.59 bits per heavy atom. The predicted octanol–water partition coefficient (Wildman–Crippen LogP) is 3.13. The highest BCUT2D eigenvalue weighted by atomic mass is 19.3. The SMILES string of the molecule is CCOC(=O)c1cnn(-c2ccccc2)c1NC(=O)Cn1nc(C(F)F)cc1C. The van der Waals surface area contributed by atoms with Crippen molar-refractivity contribution in [1.82, 2.24) is 19.6 Å². The van der Waals surface area contributed by atoms with Gasteiger partial charge in [-0.15, -0.1) is 0 Å². The number of aryl methyl sites for hydroxylation is 1. The Balaban J connectivity index is 1.89. The first-order valence-corrected chi connectivity index (χ1v) is 8.83. The highest BCUT2D eigenvalue weighted by Gasteiger charge is 2.22.